The molecule has 2 amide bonds. The van der Waals surface area contributed by atoms with Crippen LogP contribution in [0.1, 0.15) is 37.3 Å². The second kappa shape index (κ2) is 11.3. The minimum Gasteiger partial charge on any atom is -0.497 e. The van der Waals surface area contributed by atoms with Gasteiger partial charge in [0.1, 0.15) is 5.75 Å². The van der Waals surface area contributed by atoms with Gasteiger partial charge in [-0.2, -0.15) is 0 Å². The number of anilines is 1. The number of piperidine rings is 2. The van der Waals surface area contributed by atoms with Gasteiger partial charge in [-0.3, -0.25) is 9.59 Å². The number of nitrogens with zero attached hydrogens (tertiary/aromatic N) is 2. The van der Waals surface area contributed by atoms with Crippen LogP contribution in [-0.4, -0.2) is 77.2 Å². The van der Waals surface area contributed by atoms with Crippen molar-refractivity contribution in [2.75, 3.05) is 59.6 Å². The van der Waals surface area contributed by atoms with E-state index < -0.39 is 17.7 Å². The number of amides is 2. The number of methoxy groups -OCH3 is 4. The summed E-state index contributed by atoms with van der Waals surface area (Å²) in [6.45, 7) is 2.26. The van der Waals surface area contributed by atoms with Gasteiger partial charge in [-0.25, -0.2) is 0 Å². The fourth-order valence-electron chi connectivity index (χ4n) is 5.93. The van der Waals surface area contributed by atoms with Crippen molar-refractivity contribution in [3.63, 3.8) is 0 Å². The Labute approximate surface area is 228 Å². The summed E-state index contributed by atoms with van der Waals surface area (Å²) in [5.41, 5.74) is 1.41. The first-order chi connectivity index (χ1) is 18.9. The van der Waals surface area contributed by atoms with Crippen LogP contribution in [0.4, 0.5) is 5.69 Å². The molecule has 0 aliphatic carbocycles. The van der Waals surface area contributed by atoms with Crippen LogP contribution < -0.4 is 23.8 Å². The van der Waals surface area contributed by atoms with Crippen LogP contribution in [0.3, 0.4) is 0 Å². The Balaban J connectivity index is 1.53. The Morgan fingerprint density at radius 3 is 2.05 bits per heavy atom. The molecular formula is C29H36N2O8. The summed E-state index contributed by atoms with van der Waals surface area (Å²) in [5, 5.41) is 0. The van der Waals surface area contributed by atoms with Gasteiger partial charge in [0.05, 0.1) is 59.3 Å². The van der Waals surface area contributed by atoms with Crippen LogP contribution in [0.15, 0.2) is 36.4 Å². The standard InChI is InChI=1S/C29H36N2O8/c1-34-21-7-5-19(6-8-21)26-22(28(33)30-13-11-29(12-14-30)38-15-16-39-29)9-10-25(32)31(26)20-17-23(35-2)27(37-4)24(18-20)36-3/h5-8,17-18,22,26H,9-16H2,1-4H3. The number of hydrogen-bond donors (Lipinski definition) is 0. The molecule has 39 heavy (non-hydrogen) atoms. The number of carbonyl (C=O) groups excluding carboxylic acids is 2. The number of ether oxygens (including phenoxy) is 6. The number of likely N-dealkylation sites (tertiary alicyclic amines) is 1. The average molecular weight is 541 g/mol. The zero-order valence-electron chi connectivity index (χ0n) is 22.9. The van der Waals surface area contributed by atoms with E-state index in [0.29, 0.717) is 74.3 Å². The van der Waals surface area contributed by atoms with E-state index in [-0.39, 0.29) is 18.2 Å². The highest BCUT2D eigenvalue weighted by Gasteiger charge is 2.46. The van der Waals surface area contributed by atoms with Gasteiger partial charge in [-0.05, 0) is 24.1 Å². The lowest BCUT2D eigenvalue weighted by Gasteiger charge is -2.44. The van der Waals surface area contributed by atoms with Crippen LogP contribution in [-0.2, 0) is 19.1 Å². The predicted molar refractivity (Wildman–Crippen MR) is 142 cm³/mol. The molecule has 210 valence electrons. The summed E-state index contributed by atoms with van der Waals surface area (Å²) >= 11 is 0. The van der Waals surface area contributed by atoms with Gasteiger partial charge in [-0.15, -0.1) is 0 Å². The molecule has 0 aromatic heterocycles. The molecule has 3 fully saturated rings. The zero-order valence-corrected chi connectivity index (χ0v) is 22.9. The van der Waals surface area contributed by atoms with Crippen molar-refractivity contribution >= 4 is 17.5 Å². The minimum atomic E-state index is -0.572. The maximum Gasteiger partial charge on any atom is 0.228 e. The van der Waals surface area contributed by atoms with Crippen LogP contribution in [0, 0.1) is 5.92 Å². The van der Waals surface area contributed by atoms with Gasteiger partial charge < -0.3 is 38.2 Å². The number of carbonyl (C=O) groups is 2. The second-order valence-electron chi connectivity index (χ2n) is 9.94. The van der Waals surface area contributed by atoms with Gasteiger partial charge >= 0.3 is 0 Å². The molecule has 1 spiro atoms. The quantitative estimate of drug-likeness (QED) is 0.526. The highest BCUT2D eigenvalue weighted by Crippen LogP contribution is 2.47. The smallest absolute Gasteiger partial charge is 0.228 e. The lowest BCUT2D eigenvalue weighted by molar-refractivity contribution is -0.188. The molecule has 0 N–H and O–H groups in total. The van der Waals surface area contributed by atoms with Gasteiger partial charge in [0.25, 0.3) is 0 Å². The van der Waals surface area contributed by atoms with Gasteiger partial charge in [0.15, 0.2) is 17.3 Å². The summed E-state index contributed by atoms with van der Waals surface area (Å²) in [5.74, 6) is 0.903. The van der Waals surface area contributed by atoms with Crippen molar-refractivity contribution < 1.29 is 38.0 Å². The molecular weight excluding hydrogens is 504 g/mol. The second-order valence-corrected chi connectivity index (χ2v) is 9.94. The predicted octanol–water partition coefficient (Wildman–Crippen LogP) is 3.57. The number of hydrogen-bond acceptors (Lipinski definition) is 8. The van der Waals surface area contributed by atoms with Crippen LogP contribution >= 0.6 is 0 Å². The molecule has 0 bridgehead atoms. The summed E-state index contributed by atoms with van der Waals surface area (Å²) in [6.07, 6.45) is 1.95. The minimum absolute atomic E-state index is 0.0219. The summed E-state index contributed by atoms with van der Waals surface area (Å²) < 4.78 is 33.7. The third-order valence-corrected chi connectivity index (χ3v) is 7.95. The van der Waals surface area contributed by atoms with Crippen molar-refractivity contribution in [3.8, 4) is 23.0 Å². The summed E-state index contributed by atoms with van der Waals surface area (Å²) in [6, 6.07) is 10.5. The lowest BCUT2D eigenvalue weighted by atomic mass is 9.82. The number of rotatable bonds is 7. The molecule has 10 nitrogen and oxygen atoms in total. The van der Waals surface area contributed by atoms with Gasteiger partial charge in [0, 0.05) is 44.5 Å². The van der Waals surface area contributed by atoms with E-state index >= 15 is 0 Å². The molecule has 3 aliphatic rings. The Hall–Kier alpha value is -3.50. The Kier molecular flexibility index (Phi) is 7.86. The van der Waals surface area contributed by atoms with E-state index in [1.807, 2.05) is 29.2 Å². The Bertz CT molecular complexity index is 1160. The molecule has 2 aromatic rings. The molecule has 10 heteroatoms. The summed E-state index contributed by atoms with van der Waals surface area (Å²) in [4.78, 5) is 31.3. The average Bonchev–Trinajstić information content (AvgIpc) is 3.43. The first-order valence-electron chi connectivity index (χ1n) is 13.3. The molecule has 2 atom stereocenters. The third-order valence-electron chi connectivity index (χ3n) is 7.95. The fourth-order valence-corrected chi connectivity index (χ4v) is 5.93. The summed E-state index contributed by atoms with van der Waals surface area (Å²) in [7, 11) is 6.21. The molecule has 5 rings (SSSR count). The Morgan fingerprint density at radius 1 is 0.897 bits per heavy atom. The van der Waals surface area contributed by atoms with E-state index in [1.54, 1.807) is 24.1 Å². The van der Waals surface area contributed by atoms with Crippen LogP contribution in [0.5, 0.6) is 23.0 Å². The topological polar surface area (TPSA) is 96.0 Å². The van der Waals surface area contributed by atoms with Gasteiger partial charge in [0.2, 0.25) is 17.6 Å². The SMILES string of the molecule is COc1ccc(C2C(C(=O)N3CCC4(CC3)OCCO4)CCC(=O)N2c2cc(OC)c(OC)c(OC)c2)cc1. The molecule has 3 saturated heterocycles. The van der Waals surface area contributed by atoms with Crippen LogP contribution in [0.25, 0.3) is 0 Å². The zero-order chi connectivity index (χ0) is 27.6. The van der Waals surface area contributed by atoms with E-state index in [9.17, 15) is 9.59 Å². The normalized spacial score (nSPS) is 22.6. The molecule has 3 heterocycles. The lowest BCUT2D eigenvalue weighted by Crippen LogP contribution is -2.53. The van der Waals surface area contributed by atoms with E-state index in [0.717, 1.165) is 5.56 Å². The third kappa shape index (κ3) is 5.10. The van der Waals surface area contributed by atoms with Crippen LogP contribution in [0.2, 0.25) is 0 Å². The van der Waals surface area contributed by atoms with E-state index in [1.165, 1.54) is 21.3 Å². The van der Waals surface area contributed by atoms with Crippen molar-refractivity contribution in [1.29, 1.82) is 0 Å². The Morgan fingerprint density at radius 2 is 1.51 bits per heavy atom. The molecule has 2 unspecified atom stereocenters. The van der Waals surface area contributed by atoms with Crippen molar-refractivity contribution in [1.82, 2.24) is 4.90 Å². The maximum atomic E-state index is 14.1. The molecule has 0 saturated carbocycles. The first-order valence-corrected chi connectivity index (χ1v) is 13.3. The van der Waals surface area contributed by atoms with Crippen molar-refractivity contribution in [2.24, 2.45) is 5.92 Å². The molecule has 2 aromatic carbocycles. The molecule has 0 radical (unpaired) electrons. The van der Waals surface area contributed by atoms with E-state index in [2.05, 4.69) is 0 Å². The highest BCUT2D eigenvalue weighted by molar-refractivity contribution is 5.98. The maximum absolute atomic E-state index is 14.1. The monoisotopic (exact) mass is 540 g/mol. The van der Waals surface area contributed by atoms with Crippen molar-refractivity contribution in [2.45, 2.75) is 37.5 Å². The fraction of sp³-hybridized carbons (Fsp3) is 0.517. The van der Waals surface area contributed by atoms with Gasteiger partial charge in [-0.1, -0.05) is 12.1 Å². The van der Waals surface area contributed by atoms with E-state index in [4.69, 9.17) is 28.4 Å². The highest BCUT2D eigenvalue weighted by atomic mass is 16.7. The van der Waals surface area contributed by atoms with Crippen molar-refractivity contribution in [3.05, 3.63) is 42.0 Å². The largest absolute Gasteiger partial charge is 0.497 e. The number of benzene rings is 2. The first kappa shape index (κ1) is 27.1. The molecule has 3 aliphatic heterocycles.